The van der Waals surface area contributed by atoms with E-state index < -0.39 is 0 Å². The molecule has 6 heteroatoms. The summed E-state index contributed by atoms with van der Waals surface area (Å²) in [6, 6.07) is 7.28. The van der Waals surface area contributed by atoms with Gasteiger partial charge in [0.2, 0.25) is 0 Å². The second kappa shape index (κ2) is 7.28. The molecule has 128 valence electrons. The van der Waals surface area contributed by atoms with Gasteiger partial charge in [0.05, 0.1) is 18.7 Å². The number of carbonyl (C=O) groups is 1. The minimum absolute atomic E-state index is 0.0394. The molecule has 1 saturated heterocycles. The van der Waals surface area contributed by atoms with Crippen LogP contribution < -0.4 is 4.74 Å². The van der Waals surface area contributed by atoms with Crippen molar-refractivity contribution in [1.82, 2.24) is 4.90 Å². The van der Waals surface area contributed by atoms with E-state index in [9.17, 15) is 4.79 Å². The first-order valence-corrected chi connectivity index (χ1v) is 8.25. The number of nitrogens with zero attached hydrogens (tertiary/aromatic N) is 1. The van der Waals surface area contributed by atoms with Gasteiger partial charge in [-0.2, -0.15) is 0 Å². The van der Waals surface area contributed by atoms with Crippen LogP contribution >= 0.6 is 11.6 Å². The predicted octanol–water partition coefficient (Wildman–Crippen LogP) is 3.47. The molecule has 1 aromatic heterocycles. The van der Waals surface area contributed by atoms with E-state index in [1.165, 1.54) is 6.26 Å². The van der Waals surface area contributed by atoms with Gasteiger partial charge in [0.15, 0.2) is 0 Å². The van der Waals surface area contributed by atoms with Crippen molar-refractivity contribution in [2.75, 3.05) is 26.3 Å². The molecule has 1 aromatic carbocycles. The summed E-state index contributed by atoms with van der Waals surface area (Å²) in [5.74, 6) is 1.43. The number of aryl methyl sites for hydroxylation is 2. The number of morpholine rings is 1. The van der Waals surface area contributed by atoms with Crippen LogP contribution in [0.4, 0.5) is 0 Å². The molecule has 1 fully saturated rings. The van der Waals surface area contributed by atoms with Gasteiger partial charge in [-0.3, -0.25) is 4.79 Å². The average molecular weight is 350 g/mol. The summed E-state index contributed by atoms with van der Waals surface area (Å²) < 4.78 is 16.7. The van der Waals surface area contributed by atoms with Gasteiger partial charge in [-0.1, -0.05) is 11.6 Å². The molecular weight excluding hydrogens is 330 g/mol. The highest BCUT2D eigenvalue weighted by Crippen LogP contribution is 2.21. The topological polar surface area (TPSA) is 51.9 Å². The lowest BCUT2D eigenvalue weighted by Gasteiger charge is -2.32. The van der Waals surface area contributed by atoms with Crippen LogP contribution in [-0.4, -0.2) is 43.2 Å². The molecule has 1 unspecified atom stereocenters. The lowest BCUT2D eigenvalue weighted by Crippen LogP contribution is -2.47. The molecule has 2 heterocycles. The largest absolute Gasteiger partial charge is 0.491 e. The summed E-state index contributed by atoms with van der Waals surface area (Å²) in [5.41, 5.74) is 1.54. The van der Waals surface area contributed by atoms with Gasteiger partial charge in [0, 0.05) is 11.6 Å². The lowest BCUT2D eigenvalue weighted by molar-refractivity contribution is -0.0401. The first-order valence-electron chi connectivity index (χ1n) is 7.88. The number of benzene rings is 1. The van der Waals surface area contributed by atoms with Crippen molar-refractivity contribution in [1.29, 1.82) is 0 Å². The zero-order chi connectivity index (χ0) is 17.1. The fraction of sp³-hybridized carbons (Fsp3) is 0.389. The molecule has 1 amide bonds. The van der Waals surface area contributed by atoms with Crippen molar-refractivity contribution >= 4 is 17.5 Å². The number of hydrogen-bond acceptors (Lipinski definition) is 4. The molecule has 0 bridgehead atoms. The van der Waals surface area contributed by atoms with Gasteiger partial charge in [-0.15, -0.1) is 0 Å². The second-order valence-electron chi connectivity index (χ2n) is 5.91. The molecule has 0 aliphatic carbocycles. The Kier molecular flexibility index (Phi) is 5.11. The third-order valence-electron chi connectivity index (χ3n) is 3.97. The monoisotopic (exact) mass is 349 g/mol. The van der Waals surface area contributed by atoms with Crippen LogP contribution in [0, 0.1) is 13.8 Å². The number of amides is 1. The fourth-order valence-corrected chi connectivity index (χ4v) is 2.76. The maximum Gasteiger partial charge on any atom is 0.257 e. The highest BCUT2D eigenvalue weighted by molar-refractivity contribution is 6.31. The molecule has 0 saturated carbocycles. The van der Waals surface area contributed by atoms with Crippen molar-refractivity contribution in [3.63, 3.8) is 0 Å². The van der Waals surface area contributed by atoms with E-state index >= 15 is 0 Å². The van der Waals surface area contributed by atoms with E-state index in [0.29, 0.717) is 36.9 Å². The van der Waals surface area contributed by atoms with Crippen molar-refractivity contribution < 1.29 is 18.7 Å². The lowest BCUT2D eigenvalue weighted by atomic mass is 10.2. The predicted molar refractivity (Wildman–Crippen MR) is 90.8 cm³/mol. The van der Waals surface area contributed by atoms with Gasteiger partial charge in [-0.25, -0.2) is 0 Å². The highest BCUT2D eigenvalue weighted by atomic mass is 35.5. The van der Waals surface area contributed by atoms with Crippen LogP contribution in [0.5, 0.6) is 5.75 Å². The van der Waals surface area contributed by atoms with Crippen molar-refractivity contribution in [2.24, 2.45) is 0 Å². The first kappa shape index (κ1) is 16.9. The Bertz CT molecular complexity index is 728. The van der Waals surface area contributed by atoms with Crippen LogP contribution in [0.1, 0.15) is 21.7 Å². The van der Waals surface area contributed by atoms with Crippen LogP contribution in [0.3, 0.4) is 0 Å². The quantitative estimate of drug-likeness (QED) is 0.848. The van der Waals surface area contributed by atoms with Gasteiger partial charge >= 0.3 is 0 Å². The maximum atomic E-state index is 12.5. The standard InChI is InChI=1S/C18H20ClNO4/c1-12-7-15(3-4-17(12)19)24-11-16-9-20(5-6-22-16)18(21)14-8-13(2)23-10-14/h3-4,7-8,10,16H,5-6,9,11H2,1-2H3. The van der Waals surface area contributed by atoms with E-state index in [2.05, 4.69) is 0 Å². The molecule has 0 spiro atoms. The first-order chi connectivity index (χ1) is 11.5. The third-order valence-corrected chi connectivity index (χ3v) is 4.39. The van der Waals surface area contributed by atoms with Crippen molar-refractivity contribution in [2.45, 2.75) is 20.0 Å². The summed E-state index contributed by atoms with van der Waals surface area (Å²) in [7, 11) is 0. The molecule has 0 radical (unpaired) electrons. The van der Waals surface area contributed by atoms with E-state index in [1.54, 1.807) is 11.0 Å². The van der Waals surface area contributed by atoms with Crippen LogP contribution in [-0.2, 0) is 4.74 Å². The van der Waals surface area contributed by atoms with Gasteiger partial charge < -0.3 is 18.8 Å². The Morgan fingerprint density at radius 1 is 1.38 bits per heavy atom. The molecule has 5 nitrogen and oxygen atoms in total. The Balaban J connectivity index is 1.57. The molecule has 3 rings (SSSR count). The Morgan fingerprint density at radius 2 is 2.21 bits per heavy atom. The Hall–Kier alpha value is -1.98. The number of furan rings is 1. The minimum Gasteiger partial charge on any atom is -0.491 e. The number of carbonyl (C=O) groups excluding carboxylic acids is 1. The molecular formula is C18H20ClNO4. The number of hydrogen-bond donors (Lipinski definition) is 0. The van der Waals surface area contributed by atoms with Crippen LogP contribution in [0.15, 0.2) is 34.9 Å². The van der Waals surface area contributed by atoms with E-state index in [0.717, 1.165) is 17.1 Å². The molecule has 0 N–H and O–H groups in total. The van der Waals surface area contributed by atoms with Crippen molar-refractivity contribution in [3.8, 4) is 5.75 Å². The Morgan fingerprint density at radius 3 is 2.92 bits per heavy atom. The van der Waals surface area contributed by atoms with Gasteiger partial charge in [0.25, 0.3) is 5.91 Å². The number of rotatable bonds is 4. The molecule has 1 aliphatic heterocycles. The summed E-state index contributed by atoms with van der Waals surface area (Å²) in [5, 5.41) is 0.712. The number of ether oxygens (including phenoxy) is 2. The van der Waals surface area contributed by atoms with E-state index in [4.69, 9.17) is 25.5 Å². The zero-order valence-electron chi connectivity index (χ0n) is 13.8. The summed E-state index contributed by atoms with van der Waals surface area (Å²) >= 11 is 6.01. The minimum atomic E-state index is -0.160. The fourth-order valence-electron chi connectivity index (χ4n) is 2.64. The molecule has 2 aromatic rings. The number of halogens is 1. The Labute approximate surface area is 146 Å². The second-order valence-corrected chi connectivity index (χ2v) is 6.32. The van der Waals surface area contributed by atoms with Crippen LogP contribution in [0.2, 0.25) is 5.02 Å². The zero-order valence-corrected chi connectivity index (χ0v) is 14.5. The van der Waals surface area contributed by atoms with Crippen molar-refractivity contribution in [3.05, 3.63) is 52.4 Å². The summed E-state index contributed by atoms with van der Waals surface area (Å²) in [6.45, 7) is 5.70. The summed E-state index contributed by atoms with van der Waals surface area (Å²) in [4.78, 5) is 14.2. The smallest absolute Gasteiger partial charge is 0.257 e. The van der Waals surface area contributed by atoms with Gasteiger partial charge in [0.1, 0.15) is 30.5 Å². The maximum absolute atomic E-state index is 12.5. The molecule has 1 atom stereocenters. The summed E-state index contributed by atoms with van der Waals surface area (Å²) in [6.07, 6.45) is 1.33. The van der Waals surface area contributed by atoms with E-state index in [-0.39, 0.29) is 12.0 Å². The SMILES string of the molecule is Cc1cc(C(=O)N2CCOC(COc3ccc(Cl)c(C)c3)C2)co1. The van der Waals surface area contributed by atoms with Gasteiger partial charge in [-0.05, 0) is 43.7 Å². The van der Waals surface area contributed by atoms with Crippen LogP contribution in [0.25, 0.3) is 0 Å². The molecule has 24 heavy (non-hydrogen) atoms. The highest BCUT2D eigenvalue weighted by Gasteiger charge is 2.26. The normalized spacial score (nSPS) is 17.8. The third kappa shape index (κ3) is 3.91. The molecule has 1 aliphatic rings. The van der Waals surface area contributed by atoms with E-state index in [1.807, 2.05) is 32.0 Å². The average Bonchev–Trinajstić information content (AvgIpc) is 3.02.